The highest BCUT2D eigenvalue weighted by Crippen LogP contribution is 2.38. The van der Waals surface area contributed by atoms with Gasteiger partial charge in [0, 0.05) is 37.1 Å². The van der Waals surface area contributed by atoms with Crippen molar-refractivity contribution in [2.75, 3.05) is 19.0 Å². The Morgan fingerprint density at radius 2 is 1.38 bits per heavy atom. The maximum absolute atomic E-state index is 13.3. The van der Waals surface area contributed by atoms with Crippen LogP contribution >= 0.6 is 0 Å². The summed E-state index contributed by atoms with van der Waals surface area (Å²) < 4.78 is 80.7. The number of rotatable bonds is 3. The van der Waals surface area contributed by atoms with Crippen LogP contribution in [0.2, 0.25) is 0 Å². The molecule has 2 aromatic carbocycles. The summed E-state index contributed by atoms with van der Waals surface area (Å²) in [4.78, 5) is 10.2. The molecule has 166 valence electrons. The van der Waals surface area contributed by atoms with Crippen LogP contribution in [0.5, 0.6) is 0 Å². The van der Waals surface area contributed by atoms with Crippen LogP contribution in [-0.2, 0) is 12.4 Å². The van der Waals surface area contributed by atoms with Crippen molar-refractivity contribution in [2.45, 2.75) is 12.4 Å². The molecule has 4 rings (SSSR count). The van der Waals surface area contributed by atoms with E-state index in [1.807, 2.05) is 31.1 Å². The molecule has 5 nitrogen and oxygen atoms in total. The van der Waals surface area contributed by atoms with Gasteiger partial charge in [0.2, 0.25) is 0 Å². The molecule has 32 heavy (non-hydrogen) atoms. The van der Waals surface area contributed by atoms with Crippen LogP contribution < -0.4 is 4.90 Å². The highest BCUT2D eigenvalue weighted by molar-refractivity contribution is 5.66. The van der Waals surface area contributed by atoms with Gasteiger partial charge in [-0.25, -0.2) is 4.98 Å². The fraction of sp³-hybridized carbons (Fsp3) is 0.190. The van der Waals surface area contributed by atoms with Gasteiger partial charge >= 0.3 is 12.4 Å². The molecule has 0 aliphatic rings. The van der Waals surface area contributed by atoms with Crippen LogP contribution in [0.1, 0.15) is 11.1 Å². The van der Waals surface area contributed by atoms with Gasteiger partial charge in [-0.2, -0.15) is 35.8 Å². The Morgan fingerprint density at radius 3 is 1.91 bits per heavy atom. The number of fused-ring (bicyclic) bond motifs is 1. The van der Waals surface area contributed by atoms with E-state index in [4.69, 9.17) is 0 Å². The molecule has 0 saturated carbocycles. The smallest absolute Gasteiger partial charge is 0.378 e. The molecule has 0 N–H and O–H groups in total. The van der Waals surface area contributed by atoms with Crippen molar-refractivity contribution in [3.8, 4) is 22.6 Å². The summed E-state index contributed by atoms with van der Waals surface area (Å²) >= 11 is 0. The molecule has 0 fully saturated rings. The van der Waals surface area contributed by atoms with Crippen molar-refractivity contribution >= 4 is 11.5 Å². The summed E-state index contributed by atoms with van der Waals surface area (Å²) in [6.45, 7) is 0. The Labute approximate surface area is 178 Å². The van der Waals surface area contributed by atoms with Gasteiger partial charge in [-0.3, -0.25) is 0 Å². The minimum atomic E-state index is -4.95. The third kappa shape index (κ3) is 4.10. The highest BCUT2D eigenvalue weighted by atomic mass is 19.4. The lowest BCUT2D eigenvalue weighted by molar-refractivity contribution is -0.143. The maximum atomic E-state index is 13.3. The zero-order valence-corrected chi connectivity index (χ0v) is 16.7. The maximum Gasteiger partial charge on any atom is 0.416 e. The van der Waals surface area contributed by atoms with Crippen molar-refractivity contribution < 1.29 is 26.3 Å². The Bertz CT molecular complexity index is 1240. The lowest BCUT2D eigenvalue weighted by atomic mass is 10.0. The number of nitrogens with zero attached hydrogens (tertiary/aromatic N) is 5. The van der Waals surface area contributed by atoms with E-state index in [1.165, 1.54) is 12.3 Å². The molecule has 0 spiro atoms. The number of hydrogen-bond donors (Lipinski definition) is 0. The fourth-order valence-corrected chi connectivity index (χ4v) is 3.15. The first kappa shape index (κ1) is 21.6. The van der Waals surface area contributed by atoms with Crippen LogP contribution in [0.4, 0.5) is 32.0 Å². The molecule has 0 aliphatic heterocycles. The first-order valence-corrected chi connectivity index (χ1v) is 9.23. The average molecular weight is 451 g/mol. The van der Waals surface area contributed by atoms with Crippen LogP contribution in [0.25, 0.3) is 28.4 Å². The van der Waals surface area contributed by atoms with Crippen molar-refractivity contribution in [2.24, 2.45) is 0 Å². The SMILES string of the molecule is CN(C)c1ccc(-c2nc3nccc(-c4cc(C(F)(F)F)cc(C(F)(F)F)c4)n3n2)cc1. The van der Waals surface area contributed by atoms with E-state index in [-0.39, 0.29) is 28.9 Å². The van der Waals surface area contributed by atoms with Crippen molar-refractivity contribution in [1.29, 1.82) is 0 Å². The number of halogens is 6. The van der Waals surface area contributed by atoms with E-state index in [2.05, 4.69) is 15.1 Å². The standard InChI is InChI=1S/C21H15F6N5/c1-31(2)16-5-3-12(4-6-16)18-29-19-28-8-7-17(32(19)30-18)13-9-14(20(22,23)24)11-15(10-13)21(25,26)27/h3-11H,1-2H3. The molecule has 0 atom stereocenters. The Hall–Kier alpha value is -3.63. The number of aromatic nitrogens is 4. The topological polar surface area (TPSA) is 46.3 Å². The van der Waals surface area contributed by atoms with E-state index < -0.39 is 23.5 Å². The van der Waals surface area contributed by atoms with Crippen LogP contribution in [-0.4, -0.2) is 33.7 Å². The Morgan fingerprint density at radius 1 is 0.781 bits per heavy atom. The number of hydrogen-bond acceptors (Lipinski definition) is 4. The molecule has 0 aliphatic carbocycles. The first-order valence-electron chi connectivity index (χ1n) is 9.23. The van der Waals surface area contributed by atoms with Gasteiger partial charge in [0.15, 0.2) is 5.82 Å². The van der Waals surface area contributed by atoms with E-state index in [0.29, 0.717) is 17.7 Å². The predicted octanol–water partition coefficient (Wildman–Crippen LogP) is 5.56. The van der Waals surface area contributed by atoms with Crippen LogP contribution in [0.3, 0.4) is 0 Å². The van der Waals surface area contributed by atoms with E-state index in [9.17, 15) is 26.3 Å². The van der Waals surface area contributed by atoms with Gasteiger partial charge in [0.1, 0.15) is 0 Å². The molecular weight excluding hydrogens is 436 g/mol. The zero-order valence-electron chi connectivity index (χ0n) is 16.7. The van der Waals surface area contributed by atoms with Crippen LogP contribution in [0, 0.1) is 0 Å². The van der Waals surface area contributed by atoms with E-state index in [1.54, 1.807) is 12.1 Å². The minimum Gasteiger partial charge on any atom is -0.378 e. The predicted molar refractivity (Wildman–Crippen MR) is 106 cm³/mol. The number of benzene rings is 2. The van der Waals surface area contributed by atoms with Gasteiger partial charge in [-0.1, -0.05) is 0 Å². The summed E-state index contributed by atoms with van der Waals surface area (Å²) in [5.74, 6) is 0.276. The molecule has 4 aromatic rings. The minimum absolute atomic E-state index is 0.00439. The molecule has 11 heteroatoms. The van der Waals surface area contributed by atoms with Gasteiger partial charge < -0.3 is 4.90 Å². The second-order valence-electron chi connectivity index (χ2n) is 7.21. The average Bonchev–Trinajstić information content (AvgIpc) is 3.16. The summed E-state index contributed by atoms with van der Waals surface area (Å²) in [5, 5.41) is 4.28. The second kappa shape index (κ2) is 7.50. The van der Waals surface area contributed by atoms with Gasteiger partial charge in [-0.05, 0) is 48.5 Å². The van der Waals surface area contributed by atoms with Gasteiger partial charge in [0.05, 0.1) is 16.8 Å². The van der Waals surface area contributed by atoms with Gasteiger partial charge in [0.25, 0.3) is 5.78 Å². The fourth-order valence-electron chi connectivity index (χ4n) is 3.15. The third-order valence-electron chi connectivity index (χ3n) is 4.77. The van der Waals surface area contributed by atoms with Crippen LogP contribution in [0.15, 0.2) is 54.7 Å². The third-order valence-corrected chi connectivity index (χ3v) is 4.77. The molecule has 0 radical (unpaired) electrons. The lowest BCUT2D eigenvalue weighted by Gasteiger charge is -2.14. The van der Waals surface area contributed by atoms with E-state index >= 15 is 0 Å². The van der Waals surface area contributed by atoms with Crippen molar-refractivity contribution in [3.05, 3.63) is 65.9 Å². The van der Waals surface area contributed by atoms with Crippen molar-refractivity contribution in [1.82, 2.24) is 19.6 Å². The summed E-state index contributed by atoms with van der Waals surface area (Å²) in [6, 6.07) is 9.85. The number of alkyl halides is 6. The summed E-state index contributed by atoms with van der Waals surface area (Å²) in [5.41, 5.74) is -1.58. The summed E-state index contributed by atoms with van der Waals surface area (Å²) in [7, 11) is 3.75. The number of anilines is 1. The molecule has 2 aromatic heterocycles. The molecule has 0 saturated heterocycles. The monoisotopic (exact) mass is 451 g/mol. The summed E-state index contributed by atoms with van der Waals surface area (Å²) in [6.07, 6.45) is -8.65. The molecule has 0 bridgehead atoms. The van der Waals surface area contributed by atoms with Gasteiger partial charge in [-0.15, -0.1) is 5.10 Å². The lowest BCUT2D eigenvalue weighted by Crippen LogP contribution is -2.11. The largest absolute Gasteiger partial charge is 0.416 e. The Balaban J connectivity index is 1.87. The second-order valence-corrected chi connectivity index (χ2v) is 7.21. The Kier molecular flexibility index (Phi) is 5.06. The first-order chi connectivity index (χ1) is 14.9. The highest BCUT2D eigenvalue weighted by Gasteiger charge is 2.37. The normalized spacial score (nSPS) is 12.4. The zero-order chi connectivity index (χ0) is 23.3. The van der Waals surface area contributed by atoms with E-state index in [0.717, 1.165) is 10.2 Å². The quantitative estimate of drug-likeness (QED) is 0.383. The molecule has 0 unspecified atom stereocenters. The molecule has 2 heterocycles. The molecule has 0 amide bonds. The van der Waals surface area contributed by atoms with Crippen molar-refractivity contribution in [3.63, 3.8) is 0 Å². The molecular formula is C21H15F6N5.